The van der Waals surface area contributed by atoms with Gasteiger partial charge in [0.2, 0.25) is 10.0 Å². The van der Waals surface area contributed by atoms with Crippen molar-refractivity contribution in [3.05, 3.63) is 48.3 Å². The molecule has 1 aromatic heterocycles. The van der Waals surface area contributed by atoms with Gasteiger partial charge >= 0.3 is 0 Å². The minimum absolute atomic E-state index is 0.0178. The van der Waals surface area contributed by atoms with E-state index in [-0.39, 0.29) is 17.8 Å². The van der Waals surface area contributed by atoms with E-state index in [0.717, 1.165) is 62.5 Å². The molecule has 210 valence electrons. The number of sulfonamides is 1. The first-order valence-corrected chi connectivity index (χ1v) is 15.6. The molecule has 1 aromatic carbocycles. The molecule has 6 rings (SSSR count). The summed E-state index contributed by atoms with van der Waals surface area (Å²) in [6, 6.07) is 8.93. The molecule has 0 saturated carbocycles. The van der Waals surface area contributed by atoms with Crippen LogP contribution in [0.3, 0.4) is 0 Å². The highest BCUT2D eigenvalue weighted by Crippen LogP contribution is 2.33. The molecule has 4 N–H and O–H groups in total. The maximum Gasteiger partial charge on any atom is 0.258 e. The number of anilines is 5. The largest absolute Gasteiger partial charge is 0.371 e. The quantitative estimate of drug-likeness (QED) is 0.436. The monoisotopic (exact) mass is 553 g/mol. The lowest BCUT2D eigenvalue weighted by Crippen LogP contribution is -2.35. The molecule has 1 fully saturated rings. The van der Waals surface area contributed by atoms with Crippen molar-refractivity contribution in [1.82, 2.24) is 10.3 Å². The zero-order valence-corrected chi connectivity index (χ0v) is 23.6. The number of hydrogen-bond donors (Lipinski definition) is 4. The third kappa shape index (κ3) is 6.41. The normalized spacial score (nSPS) is 20.6. The van der Waals surface area contributed by atoms with Crippen LogP contribution in [0.1, 0.15) is 62.7 Å². The molecule has 1 amide bonds. The molecule has 4 bridgehead atoms. The highest BCUT2D eigenvalue weighted by Gasteiger charge is 2.25. The molecular formula is C28H39N7O3S. The van der Waals surface area contributed by atoms with Crippen molar-refractivity contribution in [3.63, 3.8) is 0 Å². The number of benzene rings is 1. The summed E-state index contributed by atoms with van der Waals surface area (Å²) < 4.78 is 27.1. The number of rotatable bonds is 4. The Bertz CT molecular complexity index is 1320. The van der Waals surface area contributed by atoms with Gasteiger partial charge in [0.15, 0.2) is 5.82 Å². The molecule has 10 nitrogen and oxygen atoms in total. The molecule has 1 saturated heterocycles. The minimum Gasteiger partial charge on any atom is -0.371 e. The van der Waals surface area contributed by atoms with Crippen molar-refractivity contribution in [2.24, 2.45) is 5.92 Å². The molecule has 4 aliphatic heterocycles. The van der Waals surface area contributed by atoms with E-state index in [0.29, 0.717) is 23.0 Å². The lowest BCUT2D eigenvalue weighted by Gasteiger charge is -2.35. The van der Waals surface area contributed by atoms with Crippen molar-refractivity contribution >= 4 is 44.6 Å². The molecule has 0 unspecified atom stereocenters. The zero-order valence-electron chi connectivity index (χ0n) is 22.7. The number of aromatic nitrogens is 1. The number of hydrogen-bond acceptors (Lipinski definition) is 8. The van der Waals surface area contributed by atoms with Crippen LogP contribution in [-0.4, -0.2) is 50.9 Å². The molecule has 11 heteroatoms. The van der Waals surface area contributed by atoms with Crippen LogP contribution in [0.2, 0.25) is 0 Å². The number of nitrogens with zero attached hydrogens (tertiary/aromatic N) is 3. The van der Waals surface area contributed by atoms with E-state index in [1.165, 1.54) is 12.8 Å². The fourth-order valence-electron chi connectivity index (χ4n) is 5.51. The molecule has 4 aliphatic rings. The molecule has 0 spiro atoms. The number of pyridine rings is 1. The van der Waals surface area contributed by atoms with Gasteiger partial charge in [0.05, 0.1) is 28.4 Å². The Balaban J connectivity index is 1.48. The lowest BCUT2D eigenvalue weighted by atomic mass is 9.90. The van der Waals surface area contributed by atoms with Crippen LogP contribution in [0.4, 0.5) is 28.7 Å². The van der Waals surface area contributed by atoms with Crippen LogP contribution in [0.25, 0.3) is 0 Å². The molecule has 0 aliphatic carbocycles. The van der Waals surface area contributed by atoms with Gasteiger partial charge < -0.3 is 25.8 Å². The van der Waals surface area contributed by atoms with Crippen molar-refractivity contribution in [1.29, 1.82) is 0 Å². The van der Waals surface area contributed by atoms with Crippen molar-refractivity contribution in [3.8, 4) is 0 Å². The van der Waals surface area contributed by atoms with Gasteiger partial charge in [0.1, 0.15) is 12.0 Å². The maximum absolute atomic E-state index is 13.6. The Hall–Kier alpha value is -3.47. The smallest absolute Gasteiger partial charge is 0.258 e. The second-order valence-electron chi connectivity index (χ2n) is 10.5. The summed E-state index contributed by atoms with van der Waals surface area (Å²) in [7, 11) is -3.44. The zero-order chi connectivity index (χ0) is 27.4. The van der Waals surface area contributed by atoms with Gasteiger partial charge in [-0.15, -0.1) is 0 Å². The fraction of sp³-hybridized carbons (Fsp3) is 0.500. The Morgan fingerprint density at radius 1 is 1.05 bits per heavy atom. The summed E-state index contributed by atoms with van der Waals surface area (Å²) in [5, 5.41) is 9.78. The Morgan fingerprint density at radius 2 is 1.87 bits per heavy atom. The van der Waals surface area contributed by atoms with Crippen LogP contribution in [0.15, 0.2) is 42.7 Å². The summed E-state index contributed by atoms with van der Waals surface area (Å²) >= 11 is 0. The molecule has 2 aromatic rings. The van der Waals surface area contributed by atoms with Crippen molar-refractivity contribution < 1.29 is 13.2 Å². The van der Waals surface area contributed by atoms with Gasteiger partial charge in [-0.2, -0.15) is 0 Å². The predicted octanol–water partition coefficient (Wildman–Crippen LogP) is 4.52. The molecule has 0 radical (unpaired) electrons. The van der Waals surface area contributed by atoms with E-state index in [1.807, 2.05) is 24.5 Å². The minimum atomic E-state index is -3.44. The predicted molar refractivity (Wildman–Crippen MR) is 158 cm³/mol. The summed E-state index contributed by atoms with van der Waals surface area (Å²) in [6.07, 6.45) is 10.8. The first-order valence-electron chi connectivity index (χ1n) is 14.0. The van der Waals surface area contributed by atoms with E-state index >= 15 is 0 Å². The number of carbonyl (C=O) groups is 1. The number of amides is 1. The van der Waals surface area contributed by atoms with Crippen LogP contribution >= 0.6 is 0 Å². The summed E-state index contributed by atoms with van der Waals surface area (Å²) in [6.45, 7) is 6.17. The van der Waals surface area contributed by atoms with E-state index < -0.39 is 10.0 Å². The van der Waals surface area contributed by atoms with Crippen LogP contribution in [-0.2, 0) is 10.0 Å². The highest BCUT2D eigenvalue weighted by molar-refractivity contribution is 7.92. The number of piperidine rings is 1. The second kappa shape index (κ2) is 11.7. The average molecular weight is 554 g/mol. The fourth-order valence-corrected chi connectivity index (χ4v) is 6.14. The lowest BCUT2D eigenvalue weighted by molar-refractivity contribution is 0.102. The molecule has 1 atom stereocenters. The van der Waals surface area contributed by atoms with Crippen LogP contribution < -0.4 is 30.5 Å². The number of nitrogens with one attached hydrogen (secondary N) is 4. The Labute approximate surface area is 231 Å². The van der Waals surface area contributed by atoms with Crippen molar-refractivity contribution in [2.75, 3.05) is 50.5 Å². The number of fused-ring (bicyclic) bond motifs is 8. The molecule has 39 heavy (non-hydrogen) atoms. The van der Waals surface area contributed by atoms with E-state index in [2.05, 4.69) is 37.4 Å². The average Bonchev–Trinajstić information content (AvgIpc) is 3.36. The van der Waals surface area contributed by atoms with Crippen LogP contribution in [0, 0.1) is 5.92 Å². The van der Waals surface area contributed by atoms with E-state index in [4.69, 9.17) is 4.98 Å². The first-order chi connectivity index (χ1) is 18.8. The standard InChI is InChI=1S/C28H39N7O3S/c1-3-39(37,38)33-22-8-9-23-25(19-22)34-16-12-21(13-17-34)7-5-4-6-14-30-27-24(35-18-15-29-20(35)2)10-11-26(31-27)32-28(23)36/h8-11,15,18-21,29,33H,3-7,12-14,16-17H2,1-2H3,(H2,30,31,32,36)/t20-/m1/s1. The first kappa shape index (κ1) is 27.1. The summed E-state index contributed by atoms with van der Waals surface area (Å²) in [4.78, 5) is 22.7. The molecule has 5 heterocycles. The van der Waals surface area contributed by atoms with E-state index in [9.17, 15) is 13.2 Å². The SMILES string of the molecule is CCS(=O)(=O)Nc1ccc2c(c1)N1CCC(CCCCCNc3nc(ccc3N3C=CN[C@H]3C)NC2=O)CC1. The van der Waals surface area contributed by atoms with Gasteiger partial charge in [0, 0.05) is 32.0 Å². The van der Waals surface area contributed by atoms with Gasteiger partial charge in [-0.25, -0.2) is 13.4 Å². The van der Waals surface area contributed by atoms with Crippen molar-refractivity contribution in [2.45, 2.75) is 58.5 Å². The van der Waals surface area contributed by atoms with Gasteiger partial charge in [-0.05, 0) is 69.4 Å². The van der Waals surface area contributed by atoms with Gasteiger partial charge in [-0.3, -0.25) is 9.52 Å². The summed E-state index contributed by atoms with van der Waals surface area (Å²) in [5.74, 6) is 1.56. The Morgan fingerprint density at radius 3 is 2.62 bits per heavy atom. The van der Waals surface area contributed by atoms with Gasteiger partial charge in [-0.1, -0.05) is 19.3 Å². The van der Waals surface area contributed by atoms with Crippen LogP contribution in [0.5, 0.6) is 0 Å². The van der Waals surface area contributed by atoms with Gasteiger partial charge in [0.25, 0.3) is 5.91 Å². The maximum atomic E-state index is 13.6. The molecular weight excluding hydrogens is 514 g/mol. The third-order valence-electron chi connectivity index (χ3n) is 7.82. The second-order valence-corrected chi connectivity index (χ2v) is 12.5. The number of carbonyl (C=O) groups excluding carboxylic acids is 1. The Kier molecular flexibility index (Phi) is 8.15. The summed E-state index contributed by atoms with van der Waals surface area (Å²) in [5.41, 5.74) is 2.64. The topological polar surface area (TPSA) is 119 Å². The highest BCUT2D eigenvalue weighted by atomic mass is 32.2. The van der Waals surface area contributed by atoms with E-state index in [1.54, 1.807) is 25.1 Å². The third-order valence-corrected chi connectivity index (χ3v) is 9.12.